The molecular weight excluding hydrogens is 286 g/mol. The summed E-state index contributed by atoms with van der Waals surface area (Å²) in [5.41, 5.74) is 0. The van der Waals surface area contributed by atoms with E-state index in [-0.39, 0.29) is 18.2 Å². The lowest BCUT2D eigenvalue weighted by atomic mass is 9.96. The Labute approximate surface area is 127 Å². The van der Waals surface area contributed by atoms with Crippen molar-refractivity contribution in [1.29, 1.82) is 0 Å². The molecule has 4 rings (SSSR count). The Morgan fingerprint density at radius 2 is 2.32 bits per heavy atom. The van der Waals surface area contributed by atoms with E-state index in [1.807, 2.05) is 30.1 Å². The minimum absolute atomic E-state index is 0.160. The minimum atomic E-state index is -0.647. The largest absolute Gasteiger partial charge is 0.389 e. The molecule has 4 heterocycles. The average Bonchev–Trinajstić information content (AvgIpc) is 3.22. The number of hydrogen-bond donors (Lipinski definition) is 2. The van der Waals surface area contributed by atoms with E-state index in [0.717, 1.165) is 5.82 Å². The van der Waals surface area contributed by atoms with E-state index in [1.54, 1.807) is 17.1 Å². The Balaban J connectivity index is 1.52. The molecule has 0 aromatic carbocycles. The number of nitrogens with one attached hydrogen (secondary N) is 1. The van der Waals surface area contributed by atoms with Crippen LogP contribution in [0.5, 0.6) is 0 Å². The molecule has 8 nitrogen and oxygen atoms in total. The zero-order valence-electron chi connectivity index (χ0n) is 12.2. The molecule has 2 aromatic heterocycles. The molecule has 22 heavy (non-hydrogen) atoms. The maximum Gasteiger partial charge on any atom is 0.183 e. The normalized spacial score (nSPS) is 34.2. The second-order valence-electron chi connectivity index (χ2n) is 5.70. The third kappa shape index (κ3) is 2.24. The molecule has 5 atom stereocenters. The Morgan fingerprint density at radius 1 is 1.41 bits per heavy atom. The molecular formula is C14H19N5O3. The first-order chi connectivity index (χ1) is 10.7. The fourth-order valence-corrected chi connectivity index (χ4v) is 3.17. The fourth-order valence-electron chi connectivity index (χ4n) is 3.17. The van der Waals surface area contributed by atoms with Crippen LogP contribution in [-0.2, 0) is 23.1 Å². The molecule has 118 valence electrons. The van der Waals surface area contributed by atoms with Crippen LogP contribution in [0, 0.1) is 0 Å². The first-order valence-electron chi connectivity index (χ1n) is 7.38. The summed E-state index contributed by atoms with van der Waals surface area (Å²) in [6.07, 6.45) is 5.89. The summed E-state index contributed by atoms with van der Waals surface area (Å²) in [6, 6.07) is 1.24. The maximum absolute atomic E-state index is 10.8. The maximum atomic E-state index is 10.8. The fraction of sp³-hybridized carbons (Fsp3) is 0.571. The number of aromatic nitrogens is 4. The van der Waals surface area contributed by atoms with Gasteiger partial charge >= 0.3 is 0 Å². The molecule has 2 N–H and O–H groups in total. The summed E-state index contributed by atoms with van der Waals surface area (Å²) >= 11 is 0. The number of nitrogens with zero attached hydrogens (tertiary/aromatic N) is 4. The SMILES string of the molecule is Cn1ccnc1CN[C@H]1[C@H](O)[C@@H](n2cccn2)[C@@H]2OC[C@H]1O2. The number of ether oxygens (including phenoxy) is 2. The van der Waals surface area contributed by atoms with E-state index >= 15 is 0 Å². The first-order valence-corrected chi connectivity index (χ1v) is 7.38. The summed E-state index contributed by atoms with van der Waals surface area (Å²) in [5.74, 6) is 0.906. The average molecular weight is 305 g/mol. The minimum Gasteiger partial charge on any atom is -0.389 e. The van der Waals surface area contributed by atoms with Crippen molar-refractivity contribution in [3.05, 3.63) is 36.7 Å². The topological polar surface area (TPSA) is 86.4 Å². The summed E-state index contributed by atoms with van der Waals surface area (Å²) in [4.78, 5) is 4.28. The Morgan fingerprint density at radius 3 is 3.05 bits per heavy atom. The van der Waals surface area contributed by atoms with Crippen LogP contribution in [0.2, 0.25) is 0 Å². The smallest absolute Gasteiger partial charge is 0.183 e. The van der Waals surface area contributed by atoms with Crippen LogP contribution in [0.15, 0.2) is 30.9 Å². The van der Waals surface area contributed by atoms with Gasteiger partial charge in [0.15, 0.2) is 6.29 Å². The van der Waals surface area contributed by atoms with Gasteiger partial charge in [-0.05, 0) is 6.07 Å². The molecule has 0 unspecified atom stereocenters. The number of aliphatic hydroxyl groups excluding tert-OH is 1. The molecule has 2 aliphatic heterocycles. The second-order valence-corrected chi connectivity index (χ2v) is 5.70. The van der Waals surface area contributed by atoms with Gasteiger partial charge in [0.05, 0.1) is 25.3 Å². The van der Waals surface area contributed by atoms with E-state index in [1.165, 1.54) is 0 Å². The molecule has 0 spiro atoms. The zero-order valence-corrected chi connectivity index (χ0v) is 12.2. The van der Waals surface area contributed by atoms with E-state index < -0.39 is 12.4 Å². The van der Waals surface area contributed by atoms with E-state index in [9.17, 15) is 5.11 Å². The quantitative estimate of drug-likeness (QED) is 0.787. The van der Waals surface area contributed by atoms with Crippen LogP contribution >= 0.6 is 0 Å². The Bertz CT molecular complexity index is 628. The molecule has 0 aliphatic carbocycles. The van der Waals surface area contributed by atoms with Crippen molar-refractivity contribution in [2.75, 3.05) is 6.61 Å². The molecule has 8 heteroatoms. The van der Waals surface area contributed by atoms with Gasteiger partial charge in [-0.1, -0.05) is 0 Å². The highest BCUT2D eigenvalue weighted by Gasteiger charge is 2.51. The molecule has 2 aromatic rings. The number of fused-ring (bicyclic) bond motifs is 2. The number of aliphatic hydroxyl groups is 1. The lowest BCUT2D eigenvalue weighted by Gasteiger charge is -2.38. The molecule has 0 amide bonds. The van der Waals surface area contributed by atoms with E-state index in [4.69, 9.17) is 9.47 Å². The molecule has 2 saturated heterocycles. The number of rotatable bonds is 4. The lowest BCUT2D eigenvalue weighted by Crippen LogP contribution is -2.57. The van der Waals surface area contributed by atoms with E-state index in [0.29, 0.717) is 13.2 Å². The van der Waals surface area contributed by atoms with Crippen LogP contribution in [-0.4, -0.2) is 55.6 Å². The van der Waals surface area contributed by atoms with Gasteiger partial charge in [-0.15, -0.1) is 0 Å². The van der Waals surface area contributed by atoms with Crippen LogP contribution in [0.1, 0.15) is 11.9 Å². The van der Waals surface area contributed by atoms with Gasteiger partial charge in [0.2, 0.25) is 0 Å². The number of hydrogen-bond acceptors (Lipinski definition) is 6. The second kappa shape index (κ2) is 5.47. The van der Waals surface area contributed by atoms with Crippen LogP contribution < -0.4 is 5.32 Å². The summed E-state index contributed by atoms with van der Waals surface area (Å²) in [6.45, 7) is 1.03. The molecule has 0 radical (unpaired) electrons. The Hall–Kier alpha value is -1.74. The van der Waals surface area contributed by atoms with Crippen molar-refractivity contribution < 1.29 is 14.6 Å². The summed E-state index contributed by atoms with van der Waals surface area (Å²) in [7, 11) is 1.94. The van der Waals surface area contributed by atoms with Crippen LogP contribution in [0.25, 0.3) is 0 Å². The third-order valence-electron chi connectivity index (χ3n) is 4.38. The van der Waals surface area contributed by atoms with Gasteiger partial charge in [-0.25, -0.2) is 4.98 Å². The lowest BCUT2D eigenvalue weighted by molar-refractivity contribution is -0.168. The summed E-state index contributed by atoms with van der Waals surface area (Å²) in [5, 5.41) is 18.3. The van der Waals surface area contributed by atoms with Crippen molar-refractivity contribution >= 4 is 0 Å². The first kappa shape index (κ1) is 13.9. The van der Waals surface area contributed by atoms with Crippen molar-refractivity contribution in [3.8, 4) is 0 Å². The highest BCUT2D eigenvalue weighted by atomic mass is 16.7. The van der Waals surface area contributed by atoms with Gasteiger partial charge in [-0.3, -0.25) is 4.68 Å². The van der Waals surface area contributed by atoms with Gasteiger partial charge in [0.25, 0.3) is 0 Å². The Kier molecular flexibility index (Phi) is 3.45. The van der Waals surface area contributed by atoms with Gasteiger partial charge in [-0.2, -0.15) is 5.10 Å². The standard InChI is InChI=1S/C14H19N5O3/c1-18-6-4-15-10(18)7-16-11-9-8-21-14(22-9)12(13(11)20)19-5-2-3-17-19/h2-6,9,11-14,16,20H,7-8H2,1H3/t9-,11-,12-,13+,14-/m1/s1. The van der Waals surface area contributed by atoms with Gasteiger partial charge in [0, 0.05) is 31.8 Å². The number of aryl methyl sites for hydroxylation is 1. The predicted octanol–water partition coefficient (Wildman–Crippen LogP) is -0.568. The molecule has 0 saturated carbocycles. The van der Waals surface area contributed by atoms with Gasteiger partial charge < -0.3 is 24.5 Å². The van der Waals surface area contributed by atoms with Crippen LogP contribution in [0.3, 0.4) is 0 Å². The van der Waals surface area contributed by atoms with Crippen molar-refractivity contribution in [3.63, 3.8) is 0 Å². The molecule has 2 aliphatic rings. The van der Waals surface area contributed by atoms with Gasteiger partial charge in [0.1, 0.15) is 18.0 Å². The monoisotopic (exact) mass is 305 g/mol. The summed E-state index contributed by atoms with van der Waals surface area (Å²) < 4.78 is 15.2. The highest BCUT2D eigenvalue weighted by molar-refractivity contribution is 5.01. The van der Waals surface area contributed by atoms with Crippen molar-refractivity contribution in [1.82, 2.24) is 24.6 Å². The third-order valence-corrected chi connectivity index (χ3v) is 4.38. The van der Waals surface area contributed by atoms with Crippen LogP contribution in [0.4, 0.5) is 0 Å². The van der Waals surface area contributed by atoms with Crippen molar-refractivity contribution in [2.45, 2.75) is 37.1 Å². The highest BCUT2D eigenvalue weighted by Crippen LogP contribution is 2.35. The van der Waals surface area contributed by atoms with E-state index in [2.05, 4.69) is 15.4 Å². The zero-order chi connectivity index (χ0) is 15.1. The predicted molar refractivity (Wildman–Crippen MR) is 75.7 cm³/mol. The molecule has 2 fully saturated rings. The number of imidazole rings is 1. The van der Waals surface area contributed by atoms with Crippen molar-refractivity contribution in [2.24, 2.45) is 7.05 Å². The molecule has 2 bridgehead atoms.